The fraction of sp³-hybridized carbons (Fsp3) is 0.250. The highest BCUT2D eigenvalue weighted by Crippen LogP contribution is 2.13. The van der Waals surface area contributed by atoms with Gasteiger partial charge in [0.2, 0.25) is 5.91 Å². The monoisotopic (exact) mass is 256 g/mol. The molecule has 8 heteroatoms. The van der Waals surface area contributed by atoms with Crippen LogP contribution in [-0.4, -0.2) is 20.7 Å². The van der Waals surface area contributed by atoms with E-state index in [-0.39, 0.29) is 17.3 Å². The summed E-state index contributed by atoms with van der Waals surface area (Å²) in [5, 5.41) is 8.72. The van der Waals surface area contributed by atoms with Crippen LogP contribution >= 0.6 is 22.7 Å². The highest BCUT2D eigenvalue weighted by molar-refractivity contribution is 7.13. The molecule has 0 bridgehead atoms. The molecule has 0 aliphatic heterocycles. The van der Waals surface area contributed by atoms with Crippen molar-refractivity contribution in [3.63, 3.8) is 0 Å². The van der Waals surface area contributed by atoms with Crippen LogP contribution < -0.4 is 10.2 Å². The number of hydrogen-bond acceptors (Lipinski definition) is 6. The summed E-state index contributed by atoms with van der Waals surface area (Å²) in [5.74, 6) is -0.303. The van der Waals surface area contributed by atoms with E-state index < -0.39 is 0 Å². The molecule has 84 valence electrons. The number of nitrogens with zero attached hydrogens (tertiary/aromatic N) is 3. The molecule has 2 rings (SSSR count). The first-order valence-corrected chi connectivity index (χ1v) is 6.13. The minimum atomic E-state index is -0.303. The Balaban J connectivity index is 2.00. The van der Waals surface area contributed by atoms with Gasteiger partial charge in [-0.05, 0) is 6.92 Å². The first-order valence-electron chi connectivity index (χ1n) is 4.38. The molecule has 1 amide bonds. The lowest BCUT2D eigenvalue weighted by Gasteiger charge is -2.00. The predicted octanol–water partition coefficient (Wildman–Crippen LogP) is 0.708. The van der Waals surface area contributed by atoms with Gasteiger partial charge in [-0.3, -0.25) is 9.59 Å². The summed E-state index contributed by atoms with van der Waals surface area (Å²) in [6.45, 7) is 1.76. The summed E-state index contributed by atoms with van der Waals surface area (Å²) in [6, 6.07) is 0. The molecule has 0 aromatic carbocycles. The van der Waals surface area contributed by atoms with Crippen LogP contribution in [-0.2, 0) is 11.3 Å². The Morgan fingerprint density at radius 1 is 1.56 bits per heavy atom. The van der Waals surface area contributed by atoms with E-state index in [0.717, 1.165) is 21.7 Å². The van der Waals surface area contributed by atoms with Gasteiger partial charge in [0.05, 0.1) is 5.69 Å². The molecule has 0 saturated carbocycles. The van der Waals surface area contributed by atoms with Crippen molar-refractivity contribution in [2.75, 3.05) is 5.32 Å². The minimum Gasteiger partial charge on any atom is -0.300 e. The molecule has 6 nitrogen and oxygen atoms in total. The zero-order chi connectivity index (χ0) is 11.5. The van der Waals surface area contributed by atoms with Crippen LogP contribution in [0.1, 0.15) is 5.69 Å². The molecule has 0 aliphatic carbocycles. The lowest BCUT2D eigenvalue weighted by atomic mass is 10.6. The quantitative estimate of drug-likeness (QED) is 0.877. The highest BCUT2D eigenvalue weighted by Gasteiger charge is 2.08. The number of hydrogen-bond donors (Lipinski definition) is 1. The number of thiazole rings is 1. The summed E-state index contributed by atoms with van der Waals surface area (Å²) >= 11 is 2.31. The van der Waals surface area contributed by atoms with Crippen LogP contribution in [0.4, 0.5) is 5.13 Å². The van der Waals surface area contributed by atoms with E-state index in [1.807, 2.05) is 12.3 Å². The van der Waals surface area contributed by atoms with Gasteiger partial charge in [-0.1, -0.05) is 11.3 Å². The molecule has 16 heavy (non-hydrogen) atoms. The number of aromatic nitrogens is 3. The fourth-order valence-corrected chi connectivity index (χ4v) is 2.23. The van der Waals surface area contributed by atoms with Gasteiger partial charge in [0.25, 0.3) is 0 Å². The molecule has 0 aliphatic rings. The van der Waals surface area contributed by atoms with Gasteiger partial charge in [0.1, 0.15) is 12.1 Å². The van der Waals surface area contributed by atoms with Gasteiger partial charge in [-0.25, -0.2) is 9.67 Å². The lowest BCUT2D eigenvalue weighted by molar-refractivity contribution is -0.116. The Bertz CT molecular complexity index is 556. The Hall–Kier alpha value is -1.54. The molecule has 0 fully saturated rings. The van der Waals surface area contributed by atoms with Crippen LogP contribution in [0, 0.1) is 6.92 Å². The number of nitrogens with one attached hydrogen (secondary N) is 1. The molecular formula is C8H8N4O2S2. The Morgan fingerprint density at radius 3 is 2.94 bits per heavy atom. The Kier molecular flexibility index (Phi) is 3.11. The molecule has 2 heterocycles. The van der Waals surface area contributed by atoms with Crippen molar-refractivity contribution in [3.05, 3.63) is 26.3 Å². The molecule has 0 atom stereocenters. The van der Waals surface area contributed by atoms with Crippen molar-refractivity contribution in [3.8, 4) is 0 Å². The third-order valence-electron chi connectivity index (χ3n) is 1.71. The summed E-state index contributed by atoms with van der Waals surface area (Å²) in [6.07, 6.45) is 0. The van der Waals surface area contributed by atoms with Crippen molar-refractivity contribution in [1.82, 2.24) is 14.8 Å². The zero-order valence-corrected chi connectivity index (χ0v) is 9.97. The zero-order valence-electron chi connectivity index (χ0n) is 8.34. The standard InChI is InChI=1S/C8H8N4O2S2/c1-5-3-15-7(10-5)11-6(13)2-12-8(14)16-4-9-12/h3-4H,2H2,1H3,(H,10,11,13). The van der Waals surface area contributed by atoms with E-state index in [1.54, 1.807) is 0 Å². The third kappa shape index (κ3) is 2.52. The summed E-state index contributed by atoms with van der Waals surface area (Å²) in [7, 11) is 0. The largest absolute Gasteiger partial charge is 0.325 e. The Morgan fingerprint density at radius 2 is 2.38 bits per heavy atom. The van der Waals surface area contributed by atoms with Gasteiger partial charge in [-0.15, -0.1) is 11.3 Å². The lowest BCUT2D eigenvalue weighted by Crippen LogP contribution is -2.25. The second-order valence-electron chi connectivity index (χ2n) is 3.00. The smallest absolute Gasteiger partial charge is 0.300 e. The van der Waals surface area contributed by atoms with Gasteiger partial charge < -0.3 is 5.32 Å². The second kappa shape index (κ2) is 4.54. The van der Waals surface area contributed by atoms with E-state index in [4.69, 9.17) is 0 Å². The van der Waals surface area contributed by atoms with E-state index in [2.05, 4.69) is 15.4 Å². The number of rotatable bonds is 3. The molecule has 2 aromatic heterocycles. The molecule has 0 saturated heterocycles. The number of carbonyl (C=O) groups is 1. The van der Waals surface area contributed by atoms with E-state index in [0.29, 0.717) is 5.13 Å². The molecule has 2 aromatic rings. The maximum Gasteiger partial charge on any atom is 0.325 e. The van der Waals surface area contributed by atoms with Crippen molar-refractivity contribution in [1.29, 1.82) is 0 Å². The number of carbonyl (C=O) groups excluding carboxylic acids is 1. The topological polar surface area (TPSA) is 76.9 Å². The van der Waals surface area contributed by atoms with E-state index in [1.165, 1.54) is 16.8 Å². The molecule has 0 spiro atoms. The first kappa shape index (κ1) is 11.0. The number of anilines is 1. The van der Waals surface area contributed by atoms with Gasteiger partial charge in [0.15, 0.2) is 5.13 Å². The van der Waals surface area contributed by atoms with Crippen LogP contribution in [0.25, 0.3) is 0 Å². The van der Waals surface area contributed by atoms with Gasteiger partial charge in [0, 0.05) is 5.38 Å². The average Bonchev–Trinajstić information content (AvgIpc) is 2.77. The first-order chi connectivity index (χ1) is 7.65. The van der Waals surface area contributed by atoms with Gasteiger partial charge >= 0.3 is 4.87 Å². The number of amides is 1. The normalized spacial score (nSPS) is 10.3. The van der Waals surface area contributed by atoms with Crippen LogP contribution in [0.15, 0.2) is 15.7 Å². The van der Waals surface area contributed by atoms with Crippen molar-refractivity contribution in [2.45, 2.75) is 13.5 Å². The fourth-order valence-electron chi connectivity index (χ4n) is 1.05. The van der Waals surface area contributed by atoms with Crippen molar-refractivity contribution >= 4 is 33.7 Å². The summed E-state index contributed by atoms with van der Waals surface area (Å²) in [4.78, 5) is 26.5. The molecular weight excluding hydrogens is 248 g/mol. The van der Waals surface area contributed by atoms with Crippen LogP contribution in [0.2, 0.25) is 0 Å². The van der Waals surface area contributed by atoms with E-state index >= 15 is 0 Å². The molecule has 1 N–H and O–H groups in total. The summed E-state index contributed by atoms with van der Waals surface area (Å²) < 4.78 is 1.11. The van der Waals surface area contributed by atoms with Crippen molar-refractivity contribution < 1.29 is 4.79 Å². The van der Waals surface area contributed by atoms with E-state index in [9.17, 15) is 9.59 Å². The maximum absolute atomic E-state index is 11.5. The molecule has 0 radical (unpaired) electrons. The van der Waals surface area contributed by atoms with Gasteiger partial charge in [-0.2, -0.15) is 5.10 Å². The molecule has 0 unspecified atom stereocenters. The predicted molar refractivity (Wildman–Crippen MR) is 61.9 cm³/mol. The summed E-state index contributed by atoms with van der Waals surface area (Å²) in [5.41, 5.74) is 2.26. The van der Waals surface area contributed by atoms with Crippen LogP contribution in [0.3, 0.4) is 0 Å². The maximum atomic E-state index is 11.5. The highest BCUT2D eigenvalue weighted by atomic mass is 32.1. The third-order valence-corrected chi connectivity index (χ3v) is 3.20. The minimum absolute atomic E-state index is 0.0824. The SMILES string of the molecule is Cc1csc(NC(=O)Cn2ncsc2=O)n1. The Labute approximate surface area is 98.6 Å². The van der Waals surface area contributed by atoms with Crippen LogP contribution in [0.5, 0.6) is 0 Å². The second-order valence-corrected chi connectivity index (χ2v) is 4.66. The van der Waals surface area contributed by atoms with Crippen molar-refractivity contribution in [2.24, 2.45) is 0 Å². The number of aryl methyl sites for hydroxylation is 1. The average molecular weight is 256 g/mol.